The second-order valence-corrected chi connectivity index (χ2v) is 7.46. The van der Waals surface area contributed by atoms with Crippen molar-refractivity contribution < 1.29 is 0 Å². The lowest BCUT2D eigenvalue weighted by Gasteiger charge is -2.18. The van der Waals surface area contributed by atoms with E-state index >= 15 is 0 Å². The van der Waals surface area contributed by atoms with E-state index in [1.807, 2.05) is 30.9 Å². The normalized spacial score (nSPS) is 12.4. The van der Waals surface area contributed by atoms with Gasteiger partial charge in [-0.15, -0.1) is 11.3 Å². The Morgan fingerprint density at radius 1 is 1.08 bits per heavy atom. The maximum absolute atomic E-state index is 6.20. The van der Waals surface area contributed by atoms with Gasteiger partial charge in [-0.2, -0.15) is 0 Å². The number of rotatable bonds is 4. The Balaban J connectivity index is 1.91. The summed E-state index contributed by atoms with van der Waals surface area (Å²) in [4.78, 5) is 5.43. The summed E-state index contributed by atoms with van der Waals surface area (Å²) in [5.74, 6) is 0. The SMILES string of the molecule is Cn1cc(-c2ccccc2)c(C(c2ccc(Cl)s2)n2ccnc2)c1. The molecule has 0 bridgehead atoms. The largest absolute Gasteiger partial charge is 0.356 e. The van der Waals surface area contributed by atoms with Gasteiger partial charge in [-0.1, -0.05) is 41.9 Å². The van der Waals surface area contributed by atoms with Gasteiger partial charge in [0.2, 0.25) is 0 Å². The number of thiophene rings is 1. The van der Waals surface area contributed by atoms with Crippen molar-refractivity contribution in [3.05, 3.63) is 88.4 Å². The first-order chi connectivity index (χ1) is 11.7. The fourth-order valence-corrected chi connectivity index (χ4v) is 4.23. The zero-order chi connectivity index (χ0) is 16.5. The van der Waals surface area contributed by atoms with Gasteiger partial charge in [0.1, 0.15) is 0 Å². The number of nitrogens with zero attached hydrogens (tertiary/aromatic N) is 3. The lowest BCUT2D eigenvalue weighted by Crippen LogP contribution is -2.09. The molecule has 0 radical (unpaired) electrons. The predicted octanol–water partition coefficient (Wildman–Crippen LogP) is 5.24. The van der Waals surface area contributed by atoms with Crippen molar-refractivity contribution in [3.63, 3.8) is 0 Å². The lowest BCUT2D eigenvalue weighted by atomic mass is 9.98. The summed E-state index contributed by atoms with van der Waals surface area (Å²) in [6.07, 6.45) is 10.0. The minimum Gasteiger partial charge on any atom is -0.356 e. The van der Waals surface area contributed by atoms with E-state index in [1.54, 1.807) is 11.3 Å². The van der Waals surface area contributed by atoms with E-state index in [-0.39, 0.29) is 6.04 Å². The highest BCUT2D eigenvalue weighted by Crippen LogP contribution is 2.38. The van der Waals surface area contributed by atoms with Crippen LogP contribution >= 0.6 is 22.9 Å². The van der Waals surface area contributed by atoms with E-state index in [4.69, 9.17) is 11.6 Å². The topological polar surface area (TPSA) is 22.8 Å². The Bertz CT molecular complexity index is 938. The Labute approximate surface area is 149 Å². The summed E-state index contributed by atoms with van der Waals surface area (Å²) >= 11 is 7.81. The Hall–Kier alpha value is -2.30. The number of hydrogen-bond donors (Lipinski definition) is 0. The third-order valence-corrected chi connectivity index (χ3v) is 5.34. The molecule has 0 fully saturated rings. The van der Waals surface area contributed by atoms with E-state index in [1.165, 1.54) is 21.6 Å². The summed E-state index contributed by atoms with van der Waals surface area (Å²) in [5.41, 5.74) is 3.67. The molecular formula is C19H16ClN3S. The Morgan fingerprint density at radius 2 is 1.92 bits per heavy atom. The summed E-state index contributed by atoms with van der Waals surface area (Å²) in [6, 6.07) is 14.6. The van der Waals surface area contributed by atoms with Gasteiger partial charge in [0.05, 0.1) is 16.7 Å². The van der Waals surface area contributed by atoms with Gasteiger partial charge in [0, 0.05) is 47.8 Å². The number of aryl methyl sites for hydroxylation is 1. The van der Waals surface area contributed by atoms with Gasteiger partial charge in [-0.05, 0) is 17.7 Å². The van der Waals surface area contributed by atoms with Crippen LogP contribution in [0.2, 0.25) is 4.34 Å². The zero-order valence-corrected chi connectivity index (χ0v) is 14.7. The molecule has 120 valence electrons. The quantitative estimate of drug-likeness (QED) is 0.492. The third kappa shape index (κ3) is 2.79. The van der Waals surface area contributed by atoms with Gasteiger partial charge < -0.3 is 9.13 Å². The minimum absolute atomic E-state index is 0.0569. The van der Waals surface area contributed by atoms with Crippen LogP contribution in [0, 0.1) is 0 Å². The average Bonchev–Trinajstić information content (AvgIpc) is 3.32. The first-order valence-electron chi connectivity index (χ1n) is 7.66. The van der Waals surface area contributed by atoms with Crippen molar-refractivity contribution in [2.24, 2.45) is 7.05 Å². The van der Waals surface area contributed by atoms with Crippen molar-refractivity contribution in [2.75, 3.05) is 0 Å². The van der Waals surface area contributed by atoms with Crippen LogP contribution in [0.25, 0.3) is 11.1 Å². The smallest absolute Gasteiger partial charge is 0.0961 e. The lowest BCUT2D eigenvalue weighted by molar-refractivity contribution is 0.687. The van der Waals surface area contributed by atoms with Crippen LogP contribution < -0.4 is 0 Å². The average molecular weight is 354 g/mol. The molecule has 0 spiro atoms. The molecule has 0 N–H and O–H groups in total. The maximum Gasteiger partial charge on any atom is 0.0961 e. The second kappa shape index (κ2) is 6.30. The van der Waals surface area contributed by atoms with Crippen molar-refractivity contribution in [3.8, 4) is 11.1 Å². The van der Waals surface area contributed by atoms with Gasteiger partial charge in [-0.25, -0.2) is 4.98 Å². The Morgan fingerprint density at radius 3 is 2.58 bits per heavy atom. The second-order valence-electron chi connectivity index (χ2n) is 5.71. The molecule has 1 aromatic carbocycles. The minimum atomic E-state index is 0.0569. The predicted molar refractivity (Wildman–Crippen MR) is 99.6 cm³/mol. The molecule has 0 aliphatic heterocycles. The van der Waals surface area contributed by atoms with Crippen LogP contribution in [-0.4, -0.2) is 14.1 Å². The highest BCUT2D eigenvalue weighted by molar-refractivity contribution is 7.16. The number of hydrogen-bond acceptors (Lipinski definition) is 2. The Kier molecular flexibility index (Phi) is 4.00. The molecule has 3 heterocycles. The molecule has 0 saturated carbocycles. The molecule has 5 heteroatoms. The summed E-state index contributed by atoms with van der Waals surface area (Å²) < 4.78 is 5.04. The molecular weight excluding hydrogens is 338 g/mol. The first-order valence-corrected chi connectivity index (χ1v) is 8.86. The molecule has 0 aliphatic carbocycles. The van der Waals surface area contributed by atoms with Crippen LogP contribution in [0.5, 0.6) is 0 Å². The molecule has 4 rings (SSSR count). The van der Waals surface area contributed by atoms with Crippen LogP contribution in [0.1, 0.15) is 16.5 Å². The number of benzene rings is 1. The molecule has 0 aliphatic rings. The van der Waals surface area contributed by atoms with Crippen LogP contribution in [0.3, 0.4) is 0 Å². The summed E-state index contributed by atoms with van der Waals surface area (Å²) in [7, 11) is 2.06. The van der Waals surface area contributed by atoms with Crippen molar-refractivity contribution >= 4 is 22.9 Å². The van der Waals surface area contributed by atoms with E-state index < -0.39 is 0 Å². The highest BCUT2D eigenvalue weighted by atomic mass is 35.5. The van der Waals surface area contributed by atoms with E-state index in [2.05, 4.69) is 63.9 Å². The van der Waals surface area contributed by atoms with Gasteiger partial charge in [-0.3, -0.25) is 0 Å². The van der Waals surface area contributed by atoms with Gasteiger partial charge in [0.25, 0.3) is 0 Å². The molecule has 4 aromatic rings. The standard InChI is InChI=1S/C19H16ClN3S/c1-22-11-15(14-5-3-2-4-6-14)16(12-22)19(23-10-9-21-13-23)17-7-8-18(20)24-17/h2-13,19H,1H3. The van der Waals surface area contributed by atoms with Crippen molar-refractivity contribution in [1.82, 2.24) is 14.1 Å². The summed E-state index contributed by atoms with van der Waals surface area (Å²) in [5, 5.41) is 0. The van der Waals surface area contributed by atoms with Gasteiger partial charge in [0.15, 0.2) is 0 Å². The zero-order valence-electron chi connectivity index (χ0n) is 13.1. The molecule has 24 heavy (non-hydrogen) atoms. The van der Waals surface area contributed by atoms with Crippen LogP contribution in [-0.2, 0) is 7.05 Å². The monoisotopic (exact) mass is 353 g/mol. The van der Waals surface area contributed by atoms with E-state index in [0.29, 0.717) is 0 Å². The molecule has 0 saturated heterocycles. The van der Waals surface area contributed by atoms with E-state index in [0.717, 1.165) is 4.34 Å². The van der Waals surface area contributed by atoms with Crippen LogP contribution in [0.15, 0.2) is 73.6 Å². The van der Waals surface area contributed by atoms with Crippen molar-refractivity contribution in [2.45, 2.75) is 6.04 Å². The molecule has 0 amide bonds. The fourth-order valence-electron chi connectivity index (χ4n) is 3.04. The van der Waals surface area contributed by atoms with Crippen molar-refractivity contribution in [1.29, 1.82) is 0 Å². The fraction of sp³-hybridized carbons (Fsp3) is 0.105. The van der Waals surface area contributed by atoms with E-state index in [9.17, 15) is 0 Å². The number of imidazole rings is 1. The number of aromatic nitrogens is 3. The molecule has 3 nitrogen and oxygen atoms in total. The maximum atomic E-state index is 6.20. The first kappa shape index (κ1) is 15.2. The molecule has 1 atom stereocenters. The van der Waals surface area contributed by atoms with Gasteiger partial charge >= 0.3 is 0 Å². The third-order valence-electron chi connectivity index (χ3n) is 4.05. The summed E-state index contributed by atoms with van der Waals surface area (Å²) in [6.45, 7) is 0. The van der Waals surface area contributed by atoms with Crippen LogP contribution in [0.4, 0.5) is 0 Å². The highest BCUT2D eigenvalue weighted by Gasteiger charge is 2.23. The molecule has 1 unspecified atom stereocenters. The molecule has 3 aromatic heterocycles. The number of halogens is 1.